The maximum atomic E-state index is 12.9. The van der Waals surface area contributed by atoms with Crippen LogP contribution in [0.5, 0.6) is 0 Å². The number of halogens is 3. The molecule has 0 atom stereocenters. The first-order chi connectivity index (χ1) is 10.2. The SMILES string of the molecule is NC(=O)c1cccc(-c2cc(C(=O)O)cc(C(F)(F)F)c2)c1. The van der Waals surface area contributed by atoms with Gasteiger partial charge in [-0.05, 0) is 41.5 Å². The summed E-state index contributed by atoms with van der Waals surface area (Å²) < 4.78 is 38.6. The molecule has 0 bridgehead atoms. The van der Waals surface area contributed by atoms with E-state index in [9.17, 15) is 22.8 Å². The molecule has 0 aliphatic rings. The highest BCUT2D eigenvalue weighted by Crippen LogP contribution is 2.33. The highest BCUT2D eigenvalue weighted by molar-refractivity contribution is 5.94. The van der Waals surface area contributed by atoms with Crippen molar-refractivity contribution in [3.63, 3.8) is 0 Å². The molecule has 2 aromatic carbocycles. The zero-order valence-corrected chi connectivity index (χ0v) is 11.0. The maximum absolute atomic E-state index is 12.9. The lowest BCUT2D eigenvalue weighted by atomic mass is 9.98. The van der Waals surface area contributed by atoms with Crippen molar-refractivity contribution in [3.8, 4) is 11.1 Å². The first-order valence-electron chi connectivity index (χ1n) is 6.04. The summed E-state index contributed by atoms with van der Waals surface area (Å²) in [6.45, 7) is 0. The van der Waals surface area contributed by atoms with Gasteiger partial charge in [0.2, 0.25) is 5.91 Å². The zero-order chi connectivity index (χ0) is 16.5. The molecule has 2 rings (SSSR count). The van der Waals surface area contributed by atoms with Crippen molar-refractivity contribution in [1.82, 2.24) is 0 Å². The van der Waals surface area contributed by atoms with Crippen LogP contribution in [0.2, 0.25) is 0 Å². The second kappa shape index (κ2) is 5.51. The maximum Gasteiger partial charge on any atom is 0.416 e. The van der Waals surface area contributed by atoms with Gasteiger partial charge in [0.05, 0.1) is 11.1 Å². The third kappa shape index (κ3) is 3.25. The van der Waals surface area contributed by atoms with Crippen LogP contribution >= 0.6 is 0 Å². The van der Waals surface area contributed by atoms with E-state index in [0.29, 0.717) is 6.07 Å². The number of primary amides is 1. The van der Waals surface area contributed by atoms with E-state index in [1.165, 1.54) is 24.3 Å². The summed E-state index contributed by atoms with van der Waals surface area (Å²) in [5.41, 5.74) is 3.98. The number of carboxylic acid groups (broad SMARTS) is 1. The van der Waals surface area contributed by atoms with Crippen molar-refractivity contribution in [2.24, 2.45) is 5.73 Å². The molecule has 0 heterocycles. The van der Waals surface area contributed by atoms with Crippen molar-refractivity contribution < 1.29 is 27.9 Å². The second-order valence-corrected chi connectivity index (χ2v) is 4.55. The molecule has 114 valence electrons. The monoisotopic (exact) mass is 309 g/mol. The van der Waals surface area contributed by atoms with Crippen LogP contribution in [0.3, 0.4) is 0 Å². The Balaban J connectivity index is 2.64. The van der Waals surface area contributed by atoms with Gasteiger partial charge in [-0.15, -0.1) is 0 Å². The predicted molar refractivity (Wildman–Crippen MR) is 72.4 cm³/mol. The summed E-state index contributed by atoms with van der Waals surface area (Å²) in [6.07, 6.45) is -4.68. The topological polar surface area (TPSA) is 80.4 Å². The van der Waals surface area contributed by atoms with E-state index in [2.05, 4.69) is 0 Å². The van der Waals surface area contributed by atoms with Crippen LogP contribution in [0.4, 0.5) is 13.2 Å². The standard InChI is InChI=1S/C15H10F3NO3/c16-15(17,18)12-6-10(5-11(7-12)14(21)22)8-2-1-3-9(4-8)13(19)20/h1-7H,(H2,19,20)(H,21,22). The van der Waals surface area contributed by atoms with Gasteiger partial charge in [0.15, 0.2) is 0 Å². The van der Waals surface area contributed by atoms with Crippen molar-refractivity contribution in [2.45, 2.75) is 6.18 Å². The molecule has 7 heteroatoms. The first kappa shape index (κ1) is 15.6. The molecule has 0 spiro atoms. The predicted octanol–water partition coefficient (Wildman–Crippen LogP) is 3.17. The molecule has 3 N–H and O–H groups in total. The Morgan fingerprint density at radius 1 is 0.955 bits per heavy atom. The van der Waals surface area contributed by atoms with Crippen molar-refractivity contribution in [2.75, 3.05) is 0 Å². The summed E-state index contributed by atoms with van der Waals surface area (Å²) in [6, 6.07) is 8.14. The number of amides is 1. The number of hydrogen-bond acceptors (Lipinski definition) is 2. The van der Waals surface area contributed by atoms with Crippen molar-refractivity contribution in [1.29, 1.82) is 0 Å². The molecular weight excluding hydrogens is 299 g/mol. The van der Waals surface area contributed by atoms with Gasteiger partial charge in [0.25, 0.3) is 0 Å². The molecular formula is C15H10F3NO3. The Morgan fingerprint density at radius 2 is 1.59 bits per heavy atom. The van der Waals surface area contributed by atoms with Crippen molar-refractivity contribution in [3.05, 3.63) is 59.2 Å². The molecule has 0 unspecified atom stereocenters. The van der Waals surface area contributed by atoms with Gasteiger partial charge in [0.1, 0.15) is 0 Å². The van der Waals surface area contributed by atoms with E-state index in [1.54, 1.807) is 0 Å². The minimum Gasteiger partial charge on any atom is -0.478 e. The fourth-order valence-electron chi connectivity index (χ4n) is 1.93. The minimum absolute atomic E-state index is 0.0373. The Morgan fingerprint density at radius 3 is 2.14 bits per heavy atom. The van der Waals surface area contributed by atoms with Gasteiger partial charge in [0, 0.05) is 5.56 Å². The number of aromatic carboxylic acids is 1. The summed E-state index contributed by atoms with van der Waals surface area (Å²) in [7, 11) is 0. The highest BCUT2D eigenvalue weighted by atomic mass is 19.4. The lowest BCUT2D eigenvalue weighted by Gasteiger charge is -2.11. The quantitative estimate of drug-likeness (QED) is 0.914. The van der Waals surface area contributed by atoms with Crippen LogP contribution in [0.1, 0.15) is 26.3 Å². The molecule has 0 radical (unpaired) electrons. The lowest BCUT2D eigenvalue weighted by Crippen LogP contribution is -2.11. The molecule has 1 amide bonds. The van der Waals surface area contributed by atoms with Crippen LogP contribution in [0, 0.1) is 0 Å². The minimum atomic E-state index is -4.68. The van der Waals surface area contributed by atoms with Crippen LogP contribution in [-0.2, 0) is 6.18 Å². The van der Waals surface area contributed by atoms with Gasteiger partial charge in [-0.3, -0.25) is 4.79 Å². The molecule has 0 saturated carbocycles. The highest BCUT2D eigenvalue weighted by Gasteiger charge is 2.32. The average molecular weight is 309 g/mol. The lowest BCUT2D eigenvalue weighted by molar-refractivity contribution is -0.137. The fourth-order valence-corrected chi connectivity index (χ4v) is 1.93. The third-order valence-electron chi connectivity index (χ3n) is 2.99. The zero-order valence-electron chi connectivity index (χ0n) is 11.0. The van der Waals surface area contributed by atoms with Crippen molar-refractivity contribution >= 4 is 11.9 Å². The van der Waals surface area contributed by atoms with E-state index in [1.807, 2.05) is 0 Å². The Hall–Kier alpha value is -2.83. The number of rotatable bonds is 3. The summed E-state index contributed by atoms with van der Waals surface area (Å²) in [5, 5.41) is 8.95. The number of hydrogen-bond donors (Lipinski definition) is 2. The number of alkyl halides is 3. The van der Waals surface area contributed by atoms with Crippen LogP contribution in [-0.4, -0.2) is 17.0 Å². The molecule has 0 fully saturated rings. The summed E-state index contributed by atoms with van der Waals surface area (Å²) >= 11 is 0. The number of carbonyl (C=O) groups is 2. The van der Waals surface area contributed by atoms with E-state index in [4.69, 9.17) is 10.8 Å². The fraction of sp³-hybridized carbons (Fsp3) is 0.0667. The second-order valence-electron chi connectivity index (χ2n) is 4.55. The number of benzene rings is 2. The molecule has 4 nitrogen and oxygen atoms in total. The summed E-state index contributed by atoms with van der Waals surface area (Å²) in [5.74, 6) is -2.20. The number of nitrogens with two attached hydrogens (primary N) is 1. The first-order valence-corrected chi connectivity index (χ1v) is 6.04. The number of carboxylic acids is 1. The average Bonchev–Trinajstić information content (AvgIpc) is 2.46. The van der Waals surface area contributed by atoms with Crippen LogP contribution in [0.25, 0.3) is 11.1 Å². The molecule has 0 saturated heterocycles. The van der Waals surface area contributed by atoms with Gasteiger partial charge in [-0.25, -0.2) is 4.79 Å². The smallest absolute Gasteiger partial charge is 0.416 e. The van der Waals surface area contributed by atoms with Gasteiger partial charge < -0.3 is 10.8 Å². The Kier molecular flexibility index (Phi) is 3.90. The Labute approximate surface area is 123 Å². The van der Waals surface area contributed by atoms with Gasteiger partial charge in [-0.2, -0.15) is 13.2 Å². The van der Waals surface area contributed by atoms with E-state index in [-0.39, 0.29) is 16.7 Å². The molecule has 0 aliphatic carbocycles. The molecule has 0 aliphatic heterocycles. The van der Waals surface area contributed by atoms with Crippen LogP contribution < -0.4 is 5.73 Å². The van der Waals surface area contributed by atoms with E-state index < -0.39 is 29.2 Å². The van der Waals surface area contributed by atoms with Gasteiger partial charge >= 0.3 is 12.1 Å². The van der Waals surface area contributed by atoms with E-state index >= 15 is 0 Å². The van der Waals surface area contributed by atoms with Gasteiger partial charge in [-0.1, -0.05) is 12.1 Å². The van der Waals surface area contributed by atoms with Crippen LogP contribution in [0.15, 0.2) is 42.5 Å². The molecule has 22 heavy (non-hydrogen) atoms. The number of carbonyl (C=O) groups excluding carboxylic acids is 1. The largest absolute Gasteiger partial charge is 0.478 e. The molecule has 2 aromatic rings. The van der Waals surface area contributed by atoms with E-state index in [0.717, 1.165) is 12.1 Å². The third-order valence-corrected chi connectivity index (χ3v) is 2.99. The Bertz CT molecular complexity index is 754. The normalized spacial score (nSPS) is 11.2. The molecule has 0 aromatic heterocycles. The summed E-state index contributed by atoms with van der Waals surface area (Å²) in [4.78, 5) is 22.1.